The molecule has 0 radical (unpaired) electrons. The number of carboxylic acids is 1. The zero-order valence-corrected chi connectivity index (χ0v) is 17.9. The molecule has 11 heteroatoms. The Labute approximate surface area is 179 Å². The highest BCUT2D eigenvalue weighted by Gasteiger charge is 2.63. The molecule has 2 aliphatic heterocycles. The van der Waals surface area contributed by atoms with Gasteiger partial charge in [0.05, 0.1) is 31.6 Å². The lowest BCUT2D eigenvalue weighted by Gasteiger charge is -2.33. The molecule has 0 amide bonds. The number of aliphatic carboxylic acids is 1. The van der Waals surface area contributed by atoms with Gasteiger partial charge in [0.1, 0.15) is 11.9 Å². The minimum absolute atomic E-state index is 0.205. The van der Waals surface area contributed by atoms with Crippen LogP contribution in [0.15, 0.2) is 12.7 Å². The standard InChI is InChI=1S/C20H28FN5O5/c1-12(17(27)28)4-5-13-20(3,29)19(2,21)18(31-13)26-11-24-14-15(22-10-23-16(14)26)25-6-8-30-9-7-25/h10-13,18,29H,4-9H2,1-3H3,(H,27,28)/t12?,13-,18+,19+,20+/m1/s1. The van der Waals surface area contributed by atoms with Gasteiger partial charge in [-0.15, -0.1) is 0 Å². The van der Waals surface area contributed by atoms with E-state index in [0.29, 0.717) is 43.3 Å². The van der Waals surface area contributed by atoms with Gasteiger partial charge in [-0.05, 0) is 26.7 Å². The first-order chi connectivity index (χ1) is 14.6. The van der Waals surface area contributed by atoms with Crippen molar-refractivity contribution < 1.29 is 28.9 Å². The number of imidazole rings is 1. The van der Waals surface area contributed by atoms with Crippen LogP contribution in [0.2, 0.25) is 0 Å². The second kappa shape index (κ2) is 7.95. The lowest BCUT2D eigenvalue weighted by atomic mass is 9.82. The number of morpholine rings is 1. The zero-order valence-electron chi connectivity index (χ0n) is 17.9. The maximum atomic E-state index is 15.9. The quantitative estimate of drug-likeness (QED) is 0.693. The summed E-state index contributed by atoms with van der Waals surface area (Å²) in [5.41, 5.74) is -3.07. The second-order valence-corrected chi connectivity index (χ2v) is 8.64. The fourth-order valence-electron chi connectivity index (χ4n) is 4.20. The number of anilines is 1. The highest BCUT2D eigenvalue weighted by molar-refractivity contribution is 5.83. The van der Waals surface area contributed by atoms with Crippen LogP contribution in [-0.2, 0) is 14.3 Å². The number of aromatic nitrogens is 4. The van der Waals surface area contributed by atoms with E-state index in [1.165, 1.54) is 31.1 Å². The van der Waals surface area contributed by atoms with E-state index in [-0.39, 0.29) is 12.8 Å². The molecule has 2 N–H and O–H groups in total. The summed E-state index contributed by atoms with van der Waals surface area (Å²) in [5, 5.41) is 20.1. The number of alkyl halides is 1. The fraction of sp³-hybridized carbons (Fsp3) is 0.700. The van der Waals surface area contributed by atoms with Crippen LogP contribution in [0.5, 0.6) is 0 Å². The molecule has 10 nitrogen and oxygen atoms in total. The van der Waals surface area contributed by atoms with Crippen molar-refractivity contribution in [1.29, 1.82) is 0 Å². The summed E-state index contributed by atoms with van der Waals surface area (Å²) >= 11 is 0. The highest BCUT2D eigenvalue weighted by atomic mass is 19.1. The average molecular weight is 437 g/mol. The van der Waals surface area contributed by atoms with Crippen molar-refractivity contribution in [2.75, 3.05) is 31.2 Å². The Morgan fingerprint density at radius 2 is 2.03 bits per heavy atom. The number of ether oxygens (including phenoxy) is 2. The maximum absolute atomic E-state index is 15.9. The van der Waals surface area contributed by atoms with Crippen molar-refractivity contribution in [2.24, 2.45) is 5.92 Å². The van der Waals surface area contributed by atoms with Gasteiger partial charge in [-0.1, -0.05) is 6.92 Å². The van der Waals surface area contributed by atoms with E-state index in [1.54, 1.807) is 6.92 Å². The third kappa shape index (κ3) is 3.64. The summed E-state index contributed by atoms with van der Waals surface area (Å²) in [6, 6.07) is 0. The predicted molar refractivity (Wildman–Crippen MR) is 108 cm³/mol. The van der Waals surface area contributed by atoms with Crippen LogP contribution in [0, 0.1) is 5.92 Å². The number of nitrogens with zero attached hydrogens (tertiary/aromatic N) is 5. The SMILES string of the molecule is CC(CC[C@H]1O[C@H](n2cnc3c(N4CCOCC4)ncnc32)[C@](C)(F)[C@@]1(C)O)C(=O)O. The lowest BCUT2D eigenvalue weighted by molar-refractivity contribution is -0.141. The molecular formula is C20H28FN5O5. The monoisotopic (exact) mass is 437 g/mol. The first-order valence-electron chi connectivity index (χ1n) is 10.4. The Balaban J connectivity index is 1.65. The summed E-state index contributed by atoms with van der Waals surface area (Å²) < 4.78 is 28.8. The molecule has 0 saturated carbocycles. The van der Waals surface area contributed by atoms with Gasteiger partial charge in [-0.25, -0.2) is 19.3 Å². The van der Waals surface area contributed by atoms with Crippen LogP contribution in [-0.4, -0.2) is 79.4 Å². The van der Waals surface area contributed by atoms with E-state index in [9.17, 15) is 9.90 Å². The molecule has 31 heavy (non-hydrogen) atoms. The van der Waals surface area contributed by atoms with Crippen molar-refractivity contribution in [3.05, 3.63) is 12.7 Å². The van der Waals surface area contributed by atoms with E-state index in [1.807, 2.05) is 4.90 Å². The number of fused-ring (bicyclic) bond motifs is 1. The zero-order chi connectivity index (χ0) is 22.4. The molecule has 2 saturated heterocycles. The van der Waals surface area contributed by atoms with Gasteiger partial charge in [0, 0.05) is 13.1 Å². The van der Waals surface area contributed by atoms with Gasteiger partial charge >= 0.3 is 5.97 Å². The molecule has 0 spiro atoms. The van der Waals surface area contributed by atoms with Crippen molar-refractivity contribution >= 4 is 23.0 Å². The summed E-state index contributed by atoms with van der Waals surface area (Å²) in [6.45, 7) is 6.74. The number of hydrogen-bond donors (Lipinski definition) is 2. The highest BCUT2D eigenvalue weighted by Crippen LogP contribution is 2.50. The van der Waals surface area contributed by atoms with E-state index in [2.05, 4.69) is 15.0 Å². The minimum atomic E-state index is -2.16. The number of hydrogen-bond acceptors (Lipinski definition) is 8. The average Bonchev–Trinajstić information content (AvgIpc) is 3.24. The molecule has 170 valence electrons. The first kappa shape index (κ1) is 21.8. The molecular weight excluding hydrogens is 409 g/mol. The number of carbonyl (C=O) groups is 1. The van der Waals surface area contributed by atoms with Gasteiger partial charge in [-0.3, -0.25) is 9.36 Å². The molecule has 0 aromatic carbocycles. The summed E-state index contributed by atoms with van der Waals surface area (Å²) in [6.07, 6.45) is 1.26. The minimum Gasteiger partial charge on any atom is -0.481 e. The molecule has 2 fully saturated rings. The fourth-order valence-corrected chi connectivity index (χ4v) is 4.20. The molecule has 1 unspecified atom stereocenters. The Kier molecular flexibility index (Phi) is 5.61. The predicted octanol–water partition coefficient (Wildman–Crippen LogP) is 1.54. The molecule has 2 aromatic heterocycles. The summed E-state index contributed by atoms with van der Waals surface area (Å²) in [4.78, 5) is 26.3. The number of halogens is 1. The van der Waals surface area contributed by atoms with E-state index < -0.39 is 35.5 Å². The molecule has 5 atom stereocenters. The smallest absolute Gasteiger partial charge is 0.306 e. The third-order valence-electron chi connectivity index (χ3n) is 6.56. The van der Waals surface area contributed by atoms with Gasteiger partial charge in [0.15, 0.2) is 28.9 Å². The van der Waals surface area contributed by atoms with E-state index in [0.717, 1.165) is 0 Å². The largest absolute Gasteiger partial charge is 0.481 e. The van der Waals surface area contributed by atoms with Crippen LogP contribution in [0.3, 0.4) is 0 Å². The maximum Gasteiger partial charge on any atom is 0.306 e. The number of rotatable bonds is 6. The molecule has 0 bridgehead atoms. The number of aliphatic hydroxyl groups is 1. The molecule has 2 aliphatic rings. The second-order valence-electron chi connectivity index (χ2n) is 8.64. The Morgan fingerprint density at radius 3 is 2.71 bits per heavy atom. The summed E-state index contributed by atoms with van der Waals surface area (Å²) in [5.74, 6) is -0.920. The molecule has 2 aromatic rings. The molecule has 4 heterocycles. The van der Waals surface area contributed by atoms with Crippen molar-refractivity contribution in [1.82, 2.24) is 19.5 Å². The Bertz CT molecular complexity index is 959. The van der Waals surface area contributed by atoms with Crippen LogP contribution in [0.4, 0.5) is 10.2 Å². The first-order valence-corrected chi connectivity index (χ1v) is 10.4. The van der Waals surface area contributed by atoms with Crippen molar-refractivity contribution in [2.45, 2.75) is 57.2 Å². The van der Waals surface area contributed by atoms with Crippen LogP contribution in [0.25, 0.3) is 11.2 Å². The van der Waals surface area contributed by atoms with Gasteiger partial charge in [-0.2, -0.15) is 0 Å². The molecule has 0 aliphatic carbocycles. The lowest BCUT2D eigenvalue weighted by Crippen LogP contribution is -2.51. The van der Waals surface area contributed by atoms with Crippen molar-refractivity contribution in [3.8, 4) is 0 Å². The Hall–Kier alpha value is -2.37. The third-order valence-corrected chi connectivity index (χ3v) is 6.56. The van der Waals surface area contributed by atoms with Crippen LogP contribution >= 0.6 is 0 Å². The van der Waals surface area contributed by atoms with Crippen LogP contribution < -0.4 is 4.90 Å². The van der Waals surface area contributed by atoms with Gasteiger partial charge in [0.2, 0.25) is 0 Å². The van der Waals surface area contributed by atoms with Crippen LogP contribution in [0.1, 0.15) is 39.8 Å². The normalized spacial score (nSPS) is 32.5. The van der Waals surface area contributed by atoms with Crippen molar-refractivity contribution in [3.63, 3.8) is 0 Å². The van der Waals surface area contributed by atoms with Gasteiger partial charge in [0.25, 0.3) is 0 Å². The molecule has 4 rings (SSSR count). The topological polar surface area (TPSA) is 123 Å². The number of carboxylic acid groups (broad SMARTS) is 1. The van der Waals surface area contributed by atoms with E-state index >= 15 is 4.39 Å². The van der Waals surface area contributed by atoms with Gasteiger partial charge < -0.3 is 24.6 Å². The van der Waals surface area contributed by atoms with E-state index in [4.69, 9.17) is 14.6 Å². The summed E-state index contributed by atoms with van der Waals surface area (Å²) in [7, 11) is 0. The Morgan fingerprint density at radius 1 is 1.32 bits per heavy atom.